The number of rotatable bonds is 7. The van der Waals surface area contributed by atoms with Crippen molar-refractivity contribution in [2.24, 2.45) is 0 Å². The number of benzene rings is 1. The Kier molecular flexibility index (Phi) is 7.44. The molecule has 1 aliphatic rings. The minimum atomic E-state index is 0.00978. The van der Waals surface area contributed by atoms with E-state index < -0.39 is 0 Å². The van der Waals surface area contributed by atoms with Gasteiger partial charge in [-0.1, -0.05) is 37.3 Å². The summed E-state index contributed by atoms with van der Waals surface area (Å²) in [4.78, 5) is 30.5. The molecule has 1 saturated heterocycles. The molecule has 5 heteroatoms. The van der Waals surface area contributed by atoms with E-state index in [-0.39, 0.29) is 11.8 Å². The van der Waals surface area contributed by atoms with Crippen molar-refractivity contribution in [1.82, 2.24) is 14.7 Å². The molecule has 0 aliphatic carbocycles. The second kappa shape index (κ2) is 9.56. The predicted molar refractivity (Wildman–Crippen MR) is 100 cm³/mol. The molecule has 0 aromatic heterocycles. The van der Waals surface area contributed by atoms with Crippen LogP contribution in [0.2, 0.25) is 0 Å². The summed E-state index contributed by atoms with van der Waals surface area (Å²) in [6, 6.07) is 10.2. The van der Waals surface area contributed by atoms with Gasteiger partial charge in [-0.3, -0.25) is 9.59 Å². The molecule has 5 nitrogen and oxygen atoms in total. The smallest absolute Gasteiger partial charge is 0.224 e. The molecule has 1 heterocycles. The summed E-state index contributed by atoms with van der Waals surface area (Å²) in [5.74, 6) is 0.143. The molecule has 1 aliphatic heterocycles. The van der Waals surface area contributed by atoms with E-state index in [1.807, 2.05) is 42.3 Å². The number of amides is 2. The average molecular weight is 345 g/mol. The van der Waals surface area contributed by atoms with Crippen molar-refractivity contribution in [2.75, 3.05) is 33.2 Å². The molecular weight excluding hydrogens is 314 g/mol. The molecule has 138 valence electrons. The molecule has 0 bridgehead atoms. The summed E-state index contributed by atoms with van der Waals surface area (Å²) in [5, 5.41) is 0. The Labute approximate surface area is 151 Å². The lowest BCUT2D eigenvalue weighted by molar-refractivity contribution is -0.134. The molecule has 1 fully saturated rings. The number of hydrogen-bond acceptors (Lipinski definition) is 3. The first-order valence-electron chi connectivity index (χ1n) is 9.28. The van der Waals surface area contributed by atoms with E-state index in [1.54, 1.807) is 11.8 Å². The molecule has 0 saturated carbocycles. The Morgan fingerprint density at radius 2 is 1.80 bits per heavy atom. The molecule has 0 atom stereocenters. The van der Waals surface area contributed by atoms with Gasteiger partial charge in [-0.05, 0) is 24.9 Å². The lowest BCUT2D eigenvalue weighted by atomic mass is 10.0. The third kappa shape index (κ3) is 5.85. The Hall–Kier alpha value is -1.88. The van der Waals surface area contributed by atoms with Gasteiger partial charge in [0.1, 0.15) is 0 Å². The zero-order valence-corrected chi connectivity index (χ0v) is 15.8. The van der Waals surface area contributed by atoms with E-state index in [1.165, 1.54) is 0 Å². The van der Waals surface area contributed by atoms with E-state index in [4.69, 9.17) is 0 Å². The van der Waals surface area contributed by atoms with Crippen LogP contribution in [0.15, 0.2) is 30.3 Å². The van der Waals surface area contributed by atoms with Gasteiger partial charge in [0.15, 0.2) is 0 Å². The van der Waals surface area contributed by atoms with Crippen molar-refractivity contribution in [2.45, 2.75) is 45.7 Å². The Morgan fingerprint density at radius 3 is 2.36 bits per heavy atom. The summed E-state index contributed by atoms with van der Waals surface area (Å²) in [6.07, 6.45) is 2.46. The maximum absolute atomic E-state index is 12.5. The topological polar surface area (TPSA) is 43.9 Å². The Balaban J connectivity index is 1.83. The largest absolute Gasteiger partial charge is 0.343 e. The lowest BCUT2D eigenvalue weighted by Gasteiger charge is -2.36. The van der Waals surface area contributed by atoms with Crippen LogP contribution in [0.1, 0.15) is 38.7 Å². The Bertz CT molecular complexity index is 553. The van der Waals surface area contributed by atoms with Crippen molar-refractivity contribution in [1.29, 1.82) is 0 Å². The van der Waals surface area contributed by atoms with Gasteiger partial charge in [0.2, 0.25) is 11.8 Å². The molecule has 2 amide bonds. The van der Waals surface area contributed by atoms with Gasteiger partial charge in [-0.15, -0.1) is 0 Å². The van der Waals surface area contributed by atoms with Crippen LogP contribution >= 0.6 is 0 Å². The number of hydrogen-bond donors (Lipinski definition) is 0. The molecular formula is C20H31N3O2. The number of carbonyl (C=O) groups is 2. The fourth-order valence-corrected chi connectivity index (χ4v) is 3.39. The van der Waals surface area contributed by atoms with Crippen LogP contribution in [0, 0.1) is 0 Å². The zero-order chi connectivity index (χ0) is 18.2. The number of piperidine rings is 1. The fraction of sp³-hybridized carbons (Fsp3) is 0.600. The summed E-state index contributed by atoms with van der Waals surface area (Å²) >= 11 is 0. The van der Waals surface area contributed by atoms with E-state index in [9.17, 15) is 9.59 Å². The van der Waals surface area contributed by atoms with E-state index in [0.29, 0.717) is 25.6 Å². The van der Waals surface area contributed by atoms with Crippen LogP contribution in [-0.4, -0.2) is 65.8 Å². The highest BCUT2D eigenvalue weighted by molar-refractivity contribution is 5.78. The van der Waals surface area contributed by atoms with Crippen LogP contribution in [0.25, 0.3) is 0 Å². The number of likely N-dealkylation sites (tertiary alicyclic amines) is 1. The van der Waals surface area contributed by atoms with Crippen molar-refractivity contribution >= 4 is 11.8 Å². The maximum Gasteiger partial charge on any atom is 0.224 e. The number of nitrogens with zero attached hydrogens (tertiary/aromatic N) is 3. The van der Waals surface area contributed by atoms with Crippen LogP contribution in [0.5, 0.6) is 0 Å². The van der Waals surface area contributed by atoms with E-state index in [0.717, 1.165) is 38.0 Å². The second-order valence-corrected chi connectivity index (χ2v) is 6.85. The third-order valence-electron chi connectivity index (χ3n) is 5.20. The Morgan fingerprint density at radius 1 is 1.16 bits per heavy atom. The molecule has 25 heavy (non-hydrogen) atoms. The summed E-state index contributed by atoms with van der Waals surface area (Å²) in [7, 11) is 1.91. The highest BCUT2D eigenvalue weighted by atomic mass is 16.2. The van der Waals surface area contributed by atoms with E-state index in [2.05, 4.69) is 11.8 Å². The van der Waals surface area contributed by atoms with Gasteiger partial charge in [0.05, 0.1) is 0 Å². The van der Waals surface area contributed by atoms with Gasteiger partial charge in [0.25, 0.3) is 0 Å². The summed E-state index contributed by atoms with van der Waals surface area (Å²) in [6.45, 7) is 7.98. The molecule has 0 radical (unpaired) electrons. The molecule has 2 rings (SSSR count). The van der Waals surface area contributed by atoms with Gasteiger partial charge in [-0.2, -0.15) is 0 Å². The van der Waals surface area contributed by atoms with Crippen LogP contribution < -0.4 is 0 Å². The first kappa shape index (κ1) is 19.4. The van der Waals surface area contributed by atoms with Crippen LogP contribution in [0.3, 0.4) is 0 Å². The molecule has 0 N–H and O–H groups in total. The second-order valence-electron chi connectivity index (χ2n) is 6.85. The molecule has 1 aromatic rings. The van der Waals surface area contributed by atoms with Gasteiger partial charge < -0.3 is 14.7 Å². The fourth-order valence-electron chi connectivity index (χ4n) is 3.39. The van der Waals surface area contributed by atoms with E-state index >= 15 is 0 Å². The third-order valence-corrected chi connectivity index (χ3v) is 5.20. The van der Waals surface area contributed by atoms with Gasteiger partial charge >= 0.3 is 0 Å². The van der Waals surface area contributed by atoms with Crippen molar-refractivity contribution in [3.63, 3.8) is 0 Å². The molecule has 1 aromatic carbocycles. The monoisotopic (exact) mass is 345 g/mol. The maximum atomic E-state index is 12.5. The normalized spacial score (nSPS) is 15.8. The highest BCUT2D eigenvalue weighted by Gasteiger charge is 2.25. The first-order chi connectivity index (χ1) is 12.0. The minimum absolute atomic E-state index is 0.00978. The SMILES string of the molecule is CCN1CCC(N(C)C(=O)CCN(Cc2ccccc2)C(C)=O)CC1. The van der Waals surface area contributed by atoms with Crippen LogP contribution in [0.4, 0.5) is 0 Å². The summed E-state index contributed by atoms with van der Waals surface area (Å²) in [5.41, 5.74) is 1.09. The average Bonchev–Trinajstić information content (AvgIpc) is 2.65. The molecule has 0 spiro atoms. The molecule has 0 unspecified atom stereocenters. The van der Waals surface area contributed by atoms with Crippen LogP contribution in [-0.2, 0) is 16.1 Å². The minimum Gasteiger partial charge on any atom is -0.343 e. The highest BCUT2D eigenvalue weighted by Crippen LogP contribution is 2.16. The lowest BCUT2D eigenvalue weighted by Crippen LogP contribution is -2.46. The van der Waals surface area contributed by atoms with Crippen molar-refractivity contribution in [3.05, 3.63) is 35.9 Å². The van der Waals surface area contributed by atoms with Crippen molar-refractivity contribution < 1.29 is 9.59 Å². The van der Waals surface area contributed by atoms with Gasteiger partial charge in [-0.25, -0.2) is 0 Å². The predicted octanol–water partition coefficient (Wildman–Crippen LogP) is 2.37. The number of carbonyl (C=O) groups excluding carboxylic acids is 2. The van der Waals surface area contributed by atoms with Crippen molar-refractivity contribution in [3.8, 4) is 0 Å². The zero-order valence-electron chi connectivity index (χ0n) is 15.8. The quantitative estimate of drug-likeness (QED) is 0.762. The van der Waals surface area contributed by atoms with Gasteiger partial charge in [0, 0.05) is 52.6 Å². The summed E-state index contributed by atoms with van der Waals surface area (Å²) < 4.78 is 0. The first-order valence-corrected chi connectivity index (χ1v) is 9.28. The standard InChI is InChI=1S/C20H31N3O2/c1-4-22-13-10-19(11-14-22)21(3)20(25)12-15-23(17(2)24)16-18-8-6-5-7-9-18/h5-9,19H,4,10-16H2,1-3H3.